The molecule has 0 bridgehead atoms. The Morgan fingerprint density at radius 3 is 2.41 bits per heavy atom. The maximum atomic E-state index is 10.9. The van der Waals surface area contributed by atoms with E-state index in [9.17, 15) is 20.3 Å². The molecular formula is C22H29N5O4S. The van der Waals surface area contributed by atoms with E-state index >= 15 is 0 Å². The van der Waals surface area contributed by atoms with Crippen LogP contribution in [0.5, 0.6) is 0 Å². The molecule has 10 heteroatoms. The minimum Gasteiger partial charge on any atom is -0.394 e. The van der Waals surface area contributed by atoms with Gasteiger partial charge in [-0.05, 0) is 50.2 Å². The number of benzene rings is 1. The van der Waals surface area contributed by atoms with Crippen LogP contribution in [-0.4, -0.2) is 55.7 Å². The van der Waals surface area contributed by atoms with E-state index < -0.39 is 17.1 Å². The average molecular weight is 460 g/mol. The summed E-state index contributed by atoms with van der Waals surface area (Å²) in [6.07, 6.45) is -1.09. The number of hydrogen-bond acceptors (Lipinski definition) is 9. The summed E-state index contributed by atoms with van der Waals surface area (Å²) in [7, 11) is 0. The van der Waals surface area contributed by atoms with Gasteiger partial charge in [-0.1, -0.05) is 13.8 Å². The molecule has 3 N–H and O–H groups in total. The molecule has 2 aromatic heterocycles. The monoisotopic (exact) mass is 459 g/mol. The summed E-state index contributed by atoms with van der Waals surface area (Å²) in [5.41, 5.74) is 1.47. The number of nitro benzene ring substituents is 1. The summed E-state index contributed by atoms with van der Waals surface area (Å²) in [6, 6.07) is 4.91. The second-order valence-electron chi connectivity index (χ2n) is 7.64. The molecule has 0 saturated carbocycles. The van der Waals surface area contributed by atoms with Crippen LogP contribution in [0.15, 0.2) is 24.3 Å². The minimum atomic E-state index is -1.09. The average Bonchev–Trinajstić information content (AvgIpc) is 3.08. The van der Waals surface area contributed by atoms with Gasteiger partial charge in [-0.25, -0.2) is 9.97 Å². The van der Waals surface area contributed by atoms with E-state index in [1.54, 1.807) is 11.3 Å². The number of aliphatic hydroxyl groups is 2. The zero-order valence-corrected chi connectivity index (χ0v) is 19.5. The maximum Gasteiger partial charge on any atom is 0.269 e. The maximum absolute atomic E-state index is 10.9. The van der Waals surface area contributed by atoms with Gasteiger partial charge in [0, 0.05) is 17.0 Å². The number of aryl methyl sites for hydroxylation is 2. The lowest BCUT2D eigenvalue weighted by atomic mass is 10.0. The van der Waals surface area contributed by atoms with Crippen molar-refractivity contribution in [3.8, 4) is 0 Å². The number of thiophene rings is 1. The molecule has 2 heterocycles. The Morgan fingerprint density at radius 2 is 1.84 bits per heavy atom. The van der Waals surface area contributed by atoms with Crippen molar-refractivity contribution in [3.05, 3.63) is 56.2 Å². The fourth-order valence-electron chi connectivity index (χ4n) is 3.54. The van der Waals surface area contributed by atoms with Crippen molar-refractivity contribution < 1.29 is 15.1 Å². The van der Waals surface area contributed by atoms with Crippen LogP contribution in [0.1, 0.15) is 41.8 Å². The third-order valence-electron chi connectivity index (χ3n) is 5.68. The molecule has 32 heavy (non-hydrogen) atoms. The number of non-ortho nitro benzene ring substituents is 1. The van der Waals surface area contributed by atoms with Crippen molar-refractivity contribution in [3.63, 3.8) is 0 Å². The van der Waals surface area contributed by atoms with Gasteiger partial charge in [0.25, 0.3) is 5.69 Å². The van der Waals surface area contributed by atoms with Crippen molar-refractivity contribution in [2.24, 2.45) is 0 Å². The van der Waals surface area contributed by atoms with Gasteiger partial charge >= 0.3 is 0 Å². The van der Waals surface area contributed by atoms with Crippen LogP contribution in [0.4, 0.5) is 11.5 Å². The Kier molecular flexibility index (Phi) is 7.73. The largest absolute Gasteiger partial charge is 0.394 e. The molecule has 0 radical (unpaired) electrons. The van der Waals surface area contributed by atoms with Gasteiger partial charge in [0.05, 0.1) is 29.5 Å². The third kappa shape index (κ3) is 5.04. The molecule has 0 aliphatic rings. The Labute approximate surface area is 190 Å². The molecule has 3 aromatic rings. The molecule has 1 aromatic carbocycles. The third-order valence-corrected chi connectivity index (χ3v) is 6.78. The van der Waals surface area contributed by atoms with Gasteiger partial charge in [0.15, 0.2) is 0 Å². The summed E-state index contributed by atoms with van der Waals surface area (Å²) < 4.78 is 0. The molecule has 0 unspecified atom stereocenters. The topological polar surface area (TPSA) is 125 Å². The zero-order chi connectivity index (χ0) is 23.4. The second-order valence-corrected chi connectivity index (χ2v) is 8.84. The van der Waals surface area contributed by atoms with Gasteiger partial charge in [0.1, 0.15) is 22.6 Å². The van der Waals surface area contributed by atoms with E-state index in [4.69, 9.17) is 9.97 Å². The fraction of sp³-hybridized carbons (Fsp3) is 0.455. The van der Waals surface area contributed by atoms with Crippen LogP contribution >= 0.6 is 11.3 Å². The minimum absolute atomic E-state index is 0.0580. The van der Waals surface area contributed by atoms with Gasteiger partial charge in [-0.15, -0.1) is 11.3 Å². The molecule has 2 atom stereocenters. The predicted molar refractivity (Wildman–Crippen MR) is 126 cm³/mol. The first-order valence-corrected chi connectivity index (χ1v) is 11.4. The molecule has 9 nitrogen and oxygen atoms in total. The summed E-state index contributed by atoms with van der Waals surface area (Å²) in [4.78, 5) is 24.1. The normalized spacial score (nSPS) is 13.5. The van der Waals surface area contributed by atoms with Gasteiger partial charge in [-0.2, -0.15) is 0 Å². The van der Waals surface area contributed by atoms with Crippen LogP contribution in [0.25, 0.3) is 10.2 Å². The lowest BCUT2D eigenvalue weighted by molar-refractivity contribution is -0.384. The number of nitro groups is 1. The van der Waals surface area contributed by atoms with E-state index in [2.05, 4.69) is 24.1 Å². The number of nitrogens with one attached hydrogen (secondary N) is 1. The zero-order valence-electron chi connectivity index (χ0n) is 18.7. The molecule has 0 amide bonds. The highest BCUT2D eigenvalue weighted by Crippen LogP contribution is 2.34. The molecule has 0 aliphatic heterocycles. The molecule has 3 rings (SSSR count). The first kappa shape index (κ1) is 24.0. The highest BCUT2D eigenvalue weighted by atomic mass is 32.1. The smallest absolute Gasteiger partial charge is 0.269 e. The van der Waals surface area contributed by atoms with E-state index in [0.29, 0.717) is 23.8 Å². The SMILES string of the molecule is CCN(CC)Cc1nc(N[C@H](CO)[C@H](O)c2ccc([N+](=O)[O-])cc2)c2c(C)c(C)sc2n1. The van der Waals surface area contributed by atoms with Crippen molar-refractivity contribution >= 4 is 33.1 Å². The Bertz CT molecular complexity index is 1080. The van der Waals surface area contributed by atoms with Crippen LogP contribution < -0.4 is 5.32 Å². The lowest BCUT2D eigenvalue weighted by Gasteiger charge is -2.24. The number of nitrogens with zero attached hydrogens (tertiary/aromatic N) is 4. The molecule has 0 saturated heterocycles. The highest BCUT2D eigenvalue weighted by Gasteiger charge is 2.24. The van der Waals surface area contributed by atoms with Crippen molar-refractivity contribution in [1.29, 1.82) is 0 Å². The van der Waals surface area contributed by atoms with E-state index in [-0.39, 0.29) is 12.3 Å². The summed E-state index contributed by atoms with van der Waals surface area (Å²) >= 11 is 1.59. The number of aromatic nitrogens is 2. The number of rotatable bonds is 10. The van der Waals surface area contributed by atoms with Crippen molar-refractivity contribution in [2.45, 2.75) is 46.4 Å². The van der Waals surface area contributed by atoms with E-state index in [0.717, 1.165) is 33.7 Å². The summed E-state index contributed by atoms with van der Waals surface area (Å²) in [5.74, 6) is 1.24. The first-order valence-electron chi connectivity index (χ1n) is 10.6. The fourth-order valence-corrected chi connectivity index (χ4v) is 4.59. The van der Waals surface area contributed by atoms with Crippen molar-refractivity contribution in [2.75, 3.05) is 25.0 Å². The number of anilines is 1. The van der Waals surface area contributed by atoms with Gasteiger partial charge < -0.3 is 15.5 Å². The molecule has 172 valence electrons. The van der Waals surface area contributed by atoms with Crippen LogP contribution in [-0.2, 0) is 6.54 Å². The van der Waals surface area contributed by atoms with E-state index in [1.807, 2.05) is 13.8 Å². The van der Waals surface area contributed by atoms with Gasteiger partial charge in [-0.3, -0.25) is 15.0 Å². The lowest BCUT2D eigenvalue weighted by Crippen LogP contribution is -2.32. The van der Waals surface area contributed by atoms with Gasteiger partial charge in [0.2, 0.25) is 0 Å². The van der Waals surface area contributed by atoms with Crippen LogP contribution in [0, 0.1) is 24.0 Å². The van der Waals surface area contributed by atoms with Crippen molar-refractivity contribution in [1.82, 2.24) is 14.9 Å². The summed E-state index contributed by atoms with van der Waals surface area (Å²) in [6.45, 7) is 10.2. The second kappa shape index (κ2) is 10.3. The summed E-state index contributed by atoms with van der Waals surface area (Å²) in [5, 5.41) is 35.9. The highest BCUT2D eigenvalue weighted by molar-refractivity contribution is 7.18. The Balaban J connectivity index is 1.96. The van der Waals surface area contributed by atoms with Crippen LogP contribution in [0.3, 0.4) is 0 Å². The Morgan fingerprint density at radius 1 is 1.19 bits per heavy atom. The molecule has 0 aliphatic carbocycles. The molecule has 0 fully saturated rings. The first-order chi connectivity index (χ1) is 15.3. The van der Waals surface area contributed by atoms with E-state index in [1.165, 1.54) is 24.3 Å². The quantitative estimate of drug-likeness (QED) is 0.310. The molecule has 0 spiro atoms. The Hall–Kier alpha value is -2.66. The predicted octanol–water partition coefficient (Wildman–Crippen LogP) is 3.56. The number of aliphatic hydroxyl groups excluding tert-OH is 2. The number of fused-ring (bicyclic) bond motifs is 1. The van der Waals surface area contributed by atoms with Crippen LogP contribution in [0.2, 0.25) is 0 Å². The standard InChI is InChI=1S/C22H29N5O4S/c1-5-26(6-2)11-18-24-21(19-13(3)14(4)32-22(19)25-18)23-17(12-28)20(29)15-7-9-16(10-8-15)27(30)31/h7-10,17,20,28-29H,5-6,11-12H2,1-4H3,(H,23,24,25)/t17-,20-/m1/s1. The number of hydrogen-bond donors (Lipinski definition) is 3. The molecular weight excluding hydrogens is 430 g/mol.